The molecule has 0 bridgehead atoms. The summed E-state index contributed by atoms with van der Waals surface area (Å²) in [5.74, 6) is 0. The van der Waals surface area contributed by atoms with Gasteiger partial charge in [0.15, 0.2) is 0 Å². The molecular formula is C15H25ClN4O. The van der Waals surface area contributed by atoms with E-state index in [-0.39, 0.29) is 12.1 Å². The van der Waals surface area contributed by atoms with Crippen LogP contribution in [0.4, 0.5) is 0 Å². The van der Waals surface area contributed by atoms with Gasteiger partial charge in [-0.25, -0.2) is 0 Å². The van der Waals surface area contributed by atoms with E-state index in [1.807, 2.05) is 11.7 Å². The molecule has 0 aliphatic carbocycles. The molecule has 0 aromatic carbocycles. The van der Waals surface area contributed by atoms with Gasteiger partial charge >= 0.3 is 0 Å². The van der Waals surface area contributed by atoms with E-state index in [0.717, 1.165) is 36.8 Å². The third kappa shape index (κ3) is 3.11. The summed E-state index contributed by atoms with van der Waals surface area (Å²) in [7, 11) is 1.95. The minimum absolute atomic E-state index is 0.103. The number of halogens is 1. The van der Waals surface area contributed by atoms with Crippen LogP contribution in [0, 0.1) is 0 Å². The molecule has 3 atom stereocenters. The van der Waals surface area contributed by atoms with Crippen LogP contribution >= 0.6 is 11.6 Å². The molecule has 5 nitrogen and oxygen atoms in total. The number of fused-ring (bicyclic) bond motifs is 1. The summed E-state index contributed by atoms with van der Waals surface area (Å²) in [6, 6.07) is 0.724. The van der Waals surface area contributed by atoms with E-state index < -0.39 is 0 Å². The Morgan fingerprint density at radius 1 is 1.57 bits per heavy atom. The van der Waals surface area contributed by atoms with E-state index in [1.165, 1.54) is 19.4 Å². The second-order valence-corrected chi connectivity index (χ2v) is 6.50. The fourth-order valence-corrected chi connectivity index (χ4v) is 3.80. The molecule has 3 heterocycles. The first-order valence-electron chi connectivity index (χ1n) is 7.97. The van der Waals surface area contributed by atoms with Gasteiger partial charge in [-0.05, 0) is 32.4 Å². The Kier molecular flexibility index (Phi) is 4.84. The summed E-state index contributed by atoms with van der Waals surface area (Å²) in [6.07, 6.45) is 5.51. The lowest BCUT2D eigenvalue weighted by atomic mass is 10.0. The predicted octanol–water partition coefficient (Wildman–Crippen LogP) is 1.98. The predicted molar refractivity (Wildman–Crippen MR) is 83.6 cm³/mol. The van der Waals surface area contributed by atoms with Crippen LogP contribution in [0.3, 0.4) is 0 Å². The van der Waals surface area contributed by atoms with Gasteiger partial charge in [0, 0.05) is 19.6 Å². The molecule has 0 radical (unpaired) electrons. The van der Waals surface area contributed by atoms with Crippen LogP contribution in [0.5, 0.6) is 0 Å². The van der Waals surface area contributed by atoms with Crippen LogP contribution in [0.1, 0.15) is 37.9 Å². The molecule has 2 saturated heterocycles. The summed E-state index contributed by atoms with van der Waals surface area (Å²) < 4.78 is 8.05. The Hall–Kier alpha value is -0.620. The molecule has 3 rings (SSSR count). The molecule has 3 unspecified atom stereocenters. The van der Waals surface area contributed by atoms with E-state index in [2.05, 4.69) is 22.2 Å². The number of ether oxygens (including phenoxy) is 1. The fraction of sp³-hybridized carbons (Fsp3) is 0.800. The Balaban J connectivity index is 1.79. The van der Waals surface area contributed by atoms with Gasteiger partial charge < -0.3 is 10.1 Å². The normalized spacial score (nSPS) is 27.8. The first kappa shape index (κ1) is 15.3. The molecule has 1 aromatic heterocycles. The molecule has 2 aliphatic heterocycles. The van der Waals surface area contributed by atoms with Gasteiger partial charge in [-0.1, -0.05) is 18.5 Å². The van der Waals surface area contributed by atoms with Crippen molar-refractivity contribution in [3.8, 4) is 0 Å². The highest BCUT2D eigenvalue weighted by Crippen LogP contribution is 2.31. The SMILES string of the molecule is CCCNC(c1c(Cl)cnn1C)C1CN2CCCC2CO1. The smallest absolute Gasteiger partial charge is 0.0913 e. The number of hydrogen-bond acceptors (Lipinski definition) is 4. The zero-order valence-corrected chi connectivity index (χ0v) is 13.6. The number of aromatic nitrogens is 2. The second-order valence-electron chi connectivity index (χ2n) is 6.10. The highest BCUT2D eigenvalue weighted by Gasteiger charge is 2.37. The van der Waals surface area contributed by atoms with Crippen molar-refractivity contribution in [2.75, 3.05) is 26.2 Å². The first-order chi connectivity index (χ1) is 10.2. The Bertz CT molecular complexity index is 459. The Labute approximate surface area is 131 Å². The number of hydrogen-bond donors (Lipinski definition) is 1. The maximum Gasteiger partial charge on any atom is 0.0913 e. The number of morpholine rings is 1. The highest BCUT2D eigenvalue weighted by molar-refractivity contribution is 6.31. The van der Waals surface area contributed by atoms with Crippen LogP contribution in [0.25, 0.3) is 0 Å². The van der Waals surface area contributed by atoms with Crippen LogP contribution in [0.2, 0.25) is 5.02 Å². The van der Waals surface area contributed by atoms with Gasteiger partial charge in [0.1, 0.15) is 0 Å². The largest absolute Gasteiger partial charge is 0.373 e. The van der Waals surface area contributed by atoms with Crippen LogP contribution in [-0.2, 0) is 11.8 Å². The molecule has 0 saturated carbocycles. The summed E-state index contributed by atoms with van der Waals surface area (Å²) >= 11 is 6.36. The van der Waals surface area contributed by atoms with Crippen molar-refractivity contribution in [2.45, 2.75) is 44.4 Å². The third-order valence-electron chi connectivity index (χ3n) is 4.63. The third-order valence-corrected chi connectivity index (χ3v) is 4.93. The van der Waals surface area contributed by atoms with Crippen molar-refractivity contribution in [2.24, 2.45) is 7.05 Å². The number of rotatable bonds is 5. The van der Waals surface area contributed by atoms with Gasteiger partial charge in [-0.2, -0.15) is 5.10 Å². The molecule has 6 heteroatoms. The zero-order chi connectivity index (χ0) is 14.8. The molecule has 21 heavy (non-hydrogen) atoms. The lowest BCUT2D eigenvalue weighted by molar-refractivity contribution is -0.0663. The Morgan fingerprint density at radius 2 is 2.43 bits per heavy atom. The Morgan fingerprint density at radius 3 is 3.14 bits per heavy atom. The standard InChI is InChI=1S/C15H25ClN4O/c1-3-6-17-14(15-12(16)8-18-19(15)2)13-9-20-7-4-5-11(20)10-21-13/h8,11,13-14,17H,3-7,9-10H2,1-2H3. The summed E-state index contributed by atoms with van der Waals surface area (Å²) in [5.41, 5.74) is 1.03. The van der Waals surface area contributed by atoms with Crippen molar-refractivity contribution in [1.29, 1.82) is 0 Å². The zero-order valence-electron chi connectivity index (χ0n) is 12.9. The number of aryl methyl sites for hydroxylation is 1. The van der Waals surface area contributed by atoms with E-state index in [1.54, 1.807) is 6.20 Å². The molecule has 2 fully saturated rings. The van der Waals surface area contributed by atoms with Gasteiger partial charge in [-0.15, -0.1) is 0 Å². The molecule has 2 aliphatic rings. The van der Waals surface area contributed by atoms with Gasteiger partial charge in [-0.3, -0.25) is 9.58 Å². The summed E-state index contributed by atoms with van der Waals surface area (Å²) in [5, 5.41) is 8.61. The van der Waals surface area contributed by atoms with Gasteiger partial charge in [0.2, 0.25) is 0 Å². The van der Waals surface area contributed by atoms with Crippen molar-refractivity contribution in [1.82, 2.24) is 20.0 Å². The van der Waals surface area contributed by atoms with Crippen LogP contribution < -0.4 is 5.32 Å². The monoisotopic (exact) mass is 312 g/mol. The van der Waals surface area contributed by atoms with E-state index in [4.69, 9.17) is 16.3 Å². The fourth-order valence-electron chi connectivity index (χ4n) is 3.52. The average Bonchev–Trinajstić information content (AvgIpc) is 3.07. The van der Waals surface area contributed by atoms with E-state index >= 15 is 0 Å². The van der Waals surface area contributed by atoms with Gasteiger partial charge in [0.25, 0.3) is 0 Å². The summed E-state index contributed by atoms with van der Waals surface area (Å²) in [6.45, 7) is 6.14. The van der Waals surface area contributed by atoms with Crippen LogP contribution in [0.15, 0.2) is 6.20 Å². The van der Waals surface area contributed by atoms with E-state index in [9.17, 15) is 0 Å². The first-order valence-corrected chi connectivity index (χ1v) is 8.35. The average molecular weight is 313 g/mol. The lowest BCUT2D eigenvalue weighted by Gasteiger charge is -2.39. The molecule has 0 spiro atoms. The molecule has 0 amide bonds. The summed E-state index contributed by atoms with van der Waals surface area (Å²) in [4.78, 5) is 2.57. The molecule has 1 aromatic rings. The van der Waals surface area contributed by atoms with Crippen molar-refractivity contribution in [3.63, 3.8) is 0 Å². The molecular weight excluding hydrogens is 288 g/mol. The number of nitrogens with zero attached hydrogens (tertiary/aromatic N) is 3. The second kappa shape index (κ2) is 6.65. The van der Waals surface area contributed by atoms with Crippen molar-refractivity contribution >= 4 is 11.6 Å². The maximum atomic E-state index is 6.36. The highest BCUT2D eigenvalue weighted by atomic mass is 35.5. The van der Waals surface area contributed by atoms with Crippen LogP contribution in [-0.4, -0.2) is 53.1 Å². The van der Waals surface area contributed by atoms with Gasteiger partial charge in [0.05, 0.1) is 35.7 Å². The van der Waals surface area contributed by atoms with E-state index in [0.29, 0.717) is 6.04 Å². The minimum atomic E-state index is 0.103. The quantitative estimate of drug-likeness (QED) is 0.903. The molecule has 118 valence electrons. The topological polar surface area (TPSA) is 42.3 Å². The van der Waals surface area contributed by atoms with Crippen molar-refractivity contribution < 1.29 is 4.74 Å². The lowest BCUT2D eigenvalue weighted by Crippen LogP contribution is -2.51. The minimum Gasteiger partial charge on any atom is -0.373 e. The van der Waals surface area contributed by atoms with Crippen molar-refractivity contribution in [3.05, 3.63) is 16.9 Å². The number of nitrogens with one attached hydrogen (secondary N) is 1. The maximum absolute atomic E-state index is 6.36. The molecule has 1 N–H and O–H groups in total.